The normalized spacial score (nSPS) is 11.1. The molecule has 31 heavy (non-hydrogen) atoms. The minimum absolute atomic E-state index is 0.151. The zero-order chi connectivity index (χ0) is 21.6. The number of aromatic nitrogens is 3. The molecular weight excluding hydrogens is 458 g/mol. The maximum absolute atomic E-state index is 12.0. The van der Waals surface area contributed by atoms with E-state index in [1.165, 1.54) is 6.08 Å². The number of rotatable bonds is 7. The zero-order valence-corrected chi connectivity index (χ0v) is 18.1. The van der Waals surface area contributed by atoms with Crippen molar-refractivity contribution in [1.29, 1.82) is 0 Å². The van der Waals surface area contributed by atoms with E-state index in [4.69, 9.17) is 0 Å². The van der Waals surface area contributed by atoms with Gasteiger partial charge in [0.2, 0.25) is 5.91 Å². The Balaban J connectivity index is 1.44. The molecule has 2 heterocycles. The predicted molar refractivity (Wildman–Crippen MR) is 125 cm³/mol. The van der Waals surface area contributed by atoms with Gasteiger partial charge < -0.3 is 15.7 Å². The molecule has 0 saturated heterocycles. The summed E-state index contributed by atoms with van der Waals surface area (Å²) < 4.78 is 2.41. The number of fused-ring (bicyclic) bond motifs is 1. The Kier molecular flexibility index (Phi) is 6.28. The molecule has 3 N–H and O–H groups in total. The number of para-hydroxylation sites is 1. The first-order valence-corrected chi connectivity index (χ1v) is 10.5. The molecule has 0 fully saturated rings. The molecule has 2 aromatic carbocycles. The van der Waals surface area contributed by atoms with Gasteiger partial charge in [-0.05, 0) is 39.7 Å². The maximum atomic E-state index is 12.0. The Hall–Kier alpha value is -3.65. The molecule has 0 spiro atoms. The Bertz CT molecular complexity index is 1240. The van der Waals surface area contributed by atoms with Crippen LogP contribution in [-0.4, -0.2) is 38.7 Å². The molecule has 0 aliphatic rings. The van der Waals surface area contributed by atoms with Crippen molar-refractivity contribution in [3.63, 3.8) is 0 Å². The van der Waals surface area contributed by atoms with Crippen LogP contribution in [0.5, 0.6) is 5.75 Å². The lowest BCUT2D eigenvalue weighted by molar-refractivity contribution is -0.116. The lowest BCUT2D eigenvalue weighted by atomic mass is 10.1. The molecule has 0 saturated carbocycles. The number of nitrogens with zero attached hydrogens (tertiary/aromatic N) is 3. The second-order valence-corrected chi connectivity index (χ2v) is 7.59. The van der Waals surface area contributed by atoms with Crippen molar-refractivity contribution in [2.45, 2.75) is 0 Å². The molecule has 0 aliphatic heterocycles. The number of anilines is 1. The standard InChI is InChI=1S/C23H20BrN5O2/c24-18-15-27-29-21(14-19(28-23(18)29)17-8-4-5-9-20(17)30)25-12-13-26-22(31)11-10-16-6-2-1-3-7-16/h1-11,14-15,25,30H,12-13H2,(H,26,31)/b11-10+. The number of carbonyl (C=O) groups is 1. The summed E-state index contributed by atoms with van der Waals surface area (Å²) in [5.74, 6) is 0.684. The number of aromatic hydroxyl groups is 1. The molecule has 0 bridgehead atoms. The van der Waals surface area contributed by atoms with E-state index in [0.29, 0.717) is 35.8 Å². The number of carbonyl (C=O) groups excluding carboxylic acids is 1. The first-order chi connectivity index (χ1) is 15.1. The zero-order valence-electron chi connectivity index (χ0n) is 16.5. The number of amides is 1. The van der Waals surface area contributed by atoms with Gasteiger partial charge in [0.15, 0.2) is 5.65 Å². The molecule has 8 heteroatoms. The van der Waals surface area contributed by atoms with E-state index < -0.39 is 0 Å². The van der Waals surface area contributed by atoms with E-state index in [1.807, 2.05) is 48.5 Å². The van der Waals surface area contributed by atoms with Crippen LogP contribution in [0.2, 0.25) is 0 Å². The van der Waals surface area contributed by atoms with Crippen molar-refractivity contribution in [3.05, 3.63) is 83.0 Å². The molecule has 4 aromatic rings. The summed E-state index contributed by atoms with van der Waals surface area (Å²) in [6, 6.07) is 18.5. The molecule has 0 aliphatic carbocycles. The summed E-state index contributed by atoms with van der Waals surface area (Å²) in [7, 11) is 0. The number of hydrogen-bond acceptors (Lipinski definition) is 5. The molecule has 2 aromatic heterocycles. The SMILES string of the molecule is O=C(/C=C/c1ccccc1)NCCNc1cc(-c2ccccc2O)nc2c(Br)cnn12. The summed E-state index contributed by atoms with van der Waals surface area (Å²) in [6.07, 6.45) is 4.95. The predicted octanol–water partition coefficient (Wildman–Crippen LogP) is 4.11. The van der Waals surface area contributed by atoms with Crippen molar-refractivity contribution in [1.82, 2.24) is 19.9 Å². The third kappa shape index (κ3) is 4.92. The van der Waals surface area contributed by atoms with Gasteiger partial charge in [0.05, 0.1) is 16.4 Å². The van der Waals surface area contributed by atoms with Gasteiger partial charge in [-0.15, -0.1) is 0 Å². The fourth-order valence-electron chi connectivity index (χ4n) is 3.06. The molecule has 7 nitrogen and oxygen atoms in total. The van der Waals surface area contributed by atoms with Gasteiger partial charge >= 0.3 is 0 Å². The summed E-state index contributed by atoms with van der Waals surface area (Å²) in [5.41, 5.74) is 2.83. The van der Waals surface area contributed by atoms with Crippen molar-refractivity contribution in [3.8, 4) is 17.0 Å². The fourth-order valence-corrected chi connectivity index (χ4v) is 3.41. The number of benzene rings is 2. The highest BCUT2D eigenvalue weighted by atomic mass is 79.9. The van der Waals surface area contributed by atoms with Crippen molar-refractivity contribution < 1.29 is 9.90 Å². The van der Waals surface area contributed by atoms with Crippen LogP contribution in [0.3, 0.4) is 0 Å². The number of nitrogens with one attached hydrogen (secondary N) is 2. The van der Waals surface area contributed by atoms with Crippen molar-refractivity contribution >= 4 is 39.4 Å². The Morgan fingerprint density at radius 3 is 2.68 bits per heavy atom. The second-order valence-electron chi connectivity index (χ2n) is 6.73. The fraction of sp³-hybridized carbons (Fsp3) is 0.0870. The first kappa shape index (κ1) is 20.6. The van der Waals surface area contributed by atoms with Crippen LogP contribution >= 0.6 is 15.9 Å². The lowest BCUT2D eigenvalue weighted by Gasteiger charge is -2.11. The first-order valence-electron chi connectivity index (χ1n) is 9.69. The van der Waals surface area contributed by atoms with Gasteiger partial charge in [-0.25, -0.2) is 4.98 Å². The van der Waals surface area contributed by atoms with Gasteiger partial charge in [-0.1, -0.05) is 42.5 Å². The van der Waals surface area contributed by atoms with Gasteiger partial charge in [-0.2, -0.15) is 9.61 Å². The van der Waals surface area contributed by atoms with E-state index in [0.717, 1.165) is 10.0 Å². The topological polar surface area (TPSA) is 91.5 Å². The van der Waals surface area contributed by atoms with Crippen LogP contribution in [0.4, 0.5) is 5.82 Å². The quantitative estimate of drug-likeness (QED) is 0.275. The molecule has 1 amide bonds. The average Bonchev–Trinajstić information content (AvgIpc) is 3.17. The third-order valence-electron chi connectivity index (χ3n) is 4.57. The second kappa shape index (κ2) is 9.44. The van der Waals surface area contributed by atoms with Crippen LogP contribution in [-0.2, 0) is 4.79 Å². The van der Waals surface area contributed by atoms with Gasteiger partial charge in [0.1, 0.15) is 11.6 Å². The Morgan fingerprint density at radius 2 is 1.87 bits per heavy atom. The summed E-state index contributed by atoms with van der Waals surface area (Å²) in [5, 5.41) is 20.7. The van der Waals surface area contributed by atoms with E-state index in [1.54, 1.807) is 28.9 Å². The molecule has 4 rings (SSSR count). The Morgan fingerprint density at radius 1 is 1.10 bits per heavy atom. The van der Waals surface area contributed by atoms with E-state index in [-0.39, 0.29) is 11.7 Å². The molecule has 0 unspecified atom stereocenters. The molecular formula is C23H20BrN5O2. The number of hydrogen-bond donors (Lipinski definition) is 3. The van der Waals surface area contributed by atoms with Crippen LogP contribution in [0.15, 0.2) is 77.4 Å². The highest BCUT2D eigenvalue weighted by Crippen LogP contribution is 2.30. The van der Waals surface area contributed by atoms with Crippen LogP contribution in [0.25, 0.3) is 23.0 Å². The Labute approximate surface area is 187 Å². The van der Waals surface area contributed by atoms with Crippen molar-refractivity contribution in [2.75, 3.05) is 18.4 Å². The molecule has 0 atom stereocenters. The van der Waals surface area contributed by atoms with Crippen LogP contribution in [0, 0.1) is 0 Å². The average molecular weight is 478 g/mol. The highest BCUT2D eigenvalue weighted by molar-refractivity contribution is 9.10. The maximum Gasteiger partial charge on any atom is 0.244 e. The van der Waals surface area contributed by atoms with Gasteiger partial charge in [0.25, 0.3) is 0 Å². The third-order valence-corrected chi connectivity index (χ3v) is 5.13. The van der Waals surface area contributed by atoms with E-state index in [2.05, 4.69) is 36.6 Å². The van der Waals surface area contributed by atoms with Gasteiger partial charge in [-0.3, -0.25) is 4.79 Å². The summed E-state index contributed by atoms with van der Waals surface area (Å²) in [6.45, 7) is 0.915. The van der Waals surface area contributed by atoms with Crippen LogP contribution in [0.1, 0.15) is 5.56 Å². The number of phenolic OH excluding ortho intramolecular Hbond substituents is 1. The van der Waals surface area contributed by atoms with E-state index in [9.17, 15) is 9.90 Å². The number of phenols is 1. The highest BCUT2D eigenvalue weighted by Gasteiger charge is 2.13. The number of halogens is 1. The smallest absolute Gasteiger partial charge is 0.244 e. The monoisotopic (exact) mass is 477 g/mol. The minimum Gasteiger partial charge on any atom is -0.507 e. The van der Waals surface area contributed by atoms with Crippen LogP contribution < -0.4 is 10.6 Å². The van der Waals surface area contributed by atoms with E-state index >= 15 is 0 Å². The lowest BCUT2D eigenvalue weighted by Crippen LogP contribution is -2.27. The van der Waals surface area contributed by atoms with Gasteiger partial charge in [0, 0.05) is 30.8 Å². The molecule has 0 radical (unpaired) electrons. The minimum atomic E-state index is -0.165. The summed E-state index contributed by atoms with van der Waals surface area (Å²) in [4.78, 5) is 16.6. The largest absolute Gasteiger partial charge is 0.507 e. The molecule has 156 valence electrons. The van der Waals surface area contributed by atoms with Crippen molar-refractivity contribution in [2.24, 2.45) is 0 Å². The summed E-state index contributed by atoms with van der Waals surface area (Å²) >= 11 is 3.46.